The number of allylic oxidation sites excluding steroid dienone is 2. The molecule has 0 N–H and O–H groups in total. The van der Waals surface area contributed by atoms with Crippen molar-refractivity contribution in [1.29, 1.82) is 0 Å². The Labute approximate surface area is 111 Å². The molecule has 1 aromatic carbocycles. The zero-order chi connectivity index (χ0) is 13.7. The molecule has 0 fully saturated rings. The van der Waals surface area contributed by atoms with Gasteiger partial charge in [0.1, 0.15) is 5.76 Å². The molecule has 0 aromatic heterocycles. The summed E-state index contributed by atoms with van der Waals surface area (Å²) in [6.07, 6.45) is 1.65. The van der Waals surface area contributed by atoms with Crippen LogP contribution in [0.25, 0.3) is 11.3 Å². The quantitative estimate of drug-likeness (QED) is 0.723. The average Bonchev–Trinajstić information content (AvgIpc) is 2.39. The number of rotatable bonds is 1. The van der Waals surface area contributed by atoms with Crippen LogP contribution in [0, 0.1) is 5.92 Å². The normalized spacial score (nSPS) is 17.4. The number of hydrogen-bond acceptors (Lipinski definition) is 3. The summed E-state index contributed by atoms with van der Waals surface area (Å²) < 4.78 is 5.64. The Morgan fingerprint density at radius 2 is 1.74 bits per heavy atom. The summed E-state index contributed by atoms with van der Waals surface area (Å²) in [4.78, 5) is 24.4. The molecule has 3 nitrogen and oxygen atoms in total. The van der Waals surface area contributed by atoms with Crippen LogP contribution in [-0.4, -0.2) is 11.6 Å². The Kier molecular flexibility index (Phi) is 2.45. The first kappa shape index (κ1) is 11.9. The maximum atomic E-state index is 12.2. The van der Waals surface area contributed by atoms with Gasteiger partial charge in [-0.05, 0) is 24.0 Å². The average molecular weight is 254 g/mol. The van der Waals surface area contributed by atoms with Crippen LogP contribution in [0.3, 0.4) is 0 Å². The van der Waals surface area contributed by atoms with Crippen LogP contribution in [0.4, 0.5) is 0 Å². The van der Waals surface area contributed by atoms with Gasteiger partial charge in [-0.3, -0.25) is 9.59 Å². The van der Waals surface area contributed by atoms with E-state index in [1.165, 1.54) is 0 Å². The first-order chi connectivity index (χ1) is 9.02. The Balaban J connectivity index is 2.42. The Morgan fingerprint density at radius 3 is 2.42 bits per heavy atom. The number of carbonyl (C=O) groups excluding carboxylic acids is 2. The maximum absolute atomic E-state index is 12.2. The zero-order valence-corrected chi connectivity index (χ0v) is 11.1. The van der Waals surface area contributed by atoms with Gasteiger partial charge in [-0.1, -0.05) is 32.0 Å². The molecule has 0 atom stereocenters. The number of benzene rings is 1. The van der Waals surface area contributed by atoms with Crippen molar-refractivity contribution < 1.29 is 14.3 Å². The molecule has 0 saturated heterocycles. The molecule has 0 bridgehead atoms. The summed E-state index contributed by atoms with van der Waals surface area (Å²) in [5, 5.41) is 0. The molecule has 1 heterocycles. The predicted octanol–water partition coefficient (Wildman–Crippen LogP) is 3.21. The number of ether oxygens (including phenoxy) is 1. The molecule has 0 amide bonds. The van der Waals surface area contributed by atoms with Crippen LogP contribution in [-0.2, 0) is 9.53 Å². The van der Waals surface area contributed by atoms with Gasteiger partial charge in [0, 0.05) is 16.7 Å². The van der Waals surface area contributed by atoms with Crippen molar-refractivity contribution in [2.24, 2.45) is 5.92 Å². The second-order valence-corrected chi connectivity index (χ2v) is 5.20. The van der Waals surface area contributed by atoms with E-state index < -0.39 is 11.6 Å². The lowest BCUT2D eigenvalue weighted by molar-refractivity contribution is -0.112. The van der Waals surface area contributed by atoms with Crippen molar-refractivity contribution in [2.75, 3.05) is 0 Å². The highest BCUT2D eigenvalue weighted by atomic mass is 16.5. The fourth-order valence-corrected chi connectivity index (χ4v) is 2.65. The standard InChI is InChI=1S/C16H14O3/c1-8(2)12-15(18)14(17)11-6-4-5-10-9(3)7-19-16(12)13(10)11/h4-8H,1-3H3. The topological polar surface area (TPSA) is 43.4 Å². The molecule has 0 saturated carbocycles. The molecule has 19 heavy (non-hydrogen) atoms. The van der Waals surface area contributed by atoms with E-state index >= 15 is 0 Å². The van der Waals surface area contributed by atoms with E-state index in [1.807, 2.05) is 26.8 Å². The van der Waals surface area contributed by atoms with Gasteiger partial charge in [0.05, 0.1) is 6.26 Å². The van der Waals surface area contributed by atoms with E-state index in [1.54, 1.807) is 18.4 Å². The summed E-state index contributed by atoms with van der Waals surface area (Å²) in [6.45, 7) is 5.73. The first-order valence-corrected chi connectivity index (χ1v) is 6.32. The zero-order valence-electron chi connectivity index (χ0n) is 11.1. The van der Waals surface area contributed by atoms with Crippen molar-refractivity contribution in [3.63, 3.8) is 0 Å². The van der Waals surface area contributed by atoms with E-state index in [4.69, 9.17) is 4.74 Å². The van der Waals surface area contributed by atoms with Crippen molar-refractivity contribution in [1.82, 2.24) is 0 Å². The Morgan fingerprint density at radius 1 is 1.05 bits per heavy atom. The fourth-order valence-electron chi connectivity index (χ4n) is 2.65. The van der Waals surface area contributed by atoms with Crippen molar-refractivity contribution in [3.8, 4) is 0 Å². The summed E-state index contributed by atoms with van der Waals surface area (Å²) in [5.41, 5.74) is 3.64. The third kappa shape index (κ3) is 1.51. The van der Waals surface area contributed by atoms with E-state index in [0.717, 1.165) is 16.7 Å². The highest BCUT2D eigenvalue weighted by Crippen LogP contribution is 2.41. The first-order valence-electron chi connectivity index (χ1n) is 6.32. The Hall–Kier alpha value is -2.16. The second-order valence-electron chi connectivity index (χ2n) is 5.20. The molecule has 3 rings (SSSR count). The number of carbonyl (C=O) groups is 2. The van der Waals surface area contributed by atoms with Crippen LogP contribution >= 0.6 is 0 Å². The van der Waals surface area contributed by atoms with E-state index in [-0.39, 0.29) is 5.92 Å². The SMILES string of the molecule is CC1=COC2=C(C(C)C)C(=O)C(=O)c3cccc1c32. The molecule has 96 valence electrons. The molecule has 1 aliphatic carbocycles. The van der Waals surface area contributed by atoms with Gasteiger partial charge in [0.25, 0.3) is 0 Å². The lowest BCUT2D eigenvalue weighted by Crippen LogP contribution is -2.28. The molecule has 1 aromatic rings. The molecular formula is C16H14O3. The Bertz CT molecular complexity index is 675. The minimum absolute atomic E-state index is 0.0422. The van der Waals surface area contributed by atoms with Gasteiger partial charge in [-0.25, -0.2) is 0 Å². The number of Topliss-reactive ketones (excluding diaryl/α,β-unsaturated/α-hetero) is 2. The molecule has 0 radical (unpaired) electrons. The highest BCUT2D eigenvalue weighted by Gasteiger charge is 2.37. The summed E-state index contributed by atoms with van der Waals surface area (Å²) in [5.74, 6) is -0.361. The van der Waals surface area contributed by atoms with Gasteiger partial charge < -0.3 is 4.74 Å². The summed E-state index contributed by atoms with van der Waals surface area (Å²) in [6, 6.07) is 5.45. The van der Waals surface area contributed by atoms with Crippen LogP contribution in [0.15, 0.2) is 30.0 Å². The third-order valence-corrected chi connectivity index (χ3v) is 3.59. The second kappa shape index (κ2) is 3.92. The minimum atomic E-state index is -0.442. The van der Waals surface area contributed by atoms with Gasteiger partial charge in [0.2, 0.25) is 11.6 Å². The van der Waals surface area contributed by atoms with Gasteiger partial charge in [0.15, 0.2) is 0 Å². The lowest BCUT2D eigenvalue weighted by atomic mass is 9.80. The van der Waals surface area contributed by atoms with Crippen LogP contribution in [0.5, 0.6) is 0 Å². The van der Waals surface area contributed by atoms with Gasteiger partial charge in [-0.2, -0.15) is 0 Å². The van der Waals surface area contributed by atoms with E-state index in [2.05, 4.69) is 0 Å². The highest BCUT2D eigenvalue weighted by molar-refractivity contribution is 6.52. The van der Waals surface area contributed by atoms with Gasteiger partial charge in [-0.15, -0.1) is 0 Å². The fraction of sp³-hybridized carbons (Fsp3) is 0.250. The smallest absolute Gasteiger partial charge is 0.234 e. The van der Waals surface area contributed by atoms with Crippen molar-refractivity contribution in [2.45, 2.75) is 20.8 Å². The van der Waals surface area contributed by atoms with Crippen LogP contribution in [0.1, 0.15) is 42.3 Å². The van der Waals surface area contributed by atoms with E-state index in [0.29, 0.717) is 16.9 Å². The minimum Gasteiger partial charge on any atom is -0.464 e. The molecule has 3 heteroatoms. The van der Waals surface area contributed by atoms with Crippen molar-refractivity contribution >= 4 is 22.9 Å². The van der Waals surface area contributed by atoms with Crippen LogP contribution < -0.4 is 0 Å². The summed E-state index contributed by atoms with van der Waals surface area (Å²) in [7, 11) is 0. The lowest BCUT2D eigenvalue weighted by Gasteiger charge is -2.27. The molecule has 2 aliphatic rings. The van der Waals surface area contributed by atoms with Crippen molar-refractivity contribution in [3.05, 3.63) is 46.7 Å². The maximum Gasteiger partial charge on any atom is 0.234 e. The van der Waals surface area contributed by atoms with E-state index in [9.17, 15) is 9.59 Å². The summed E-state index contributed by atoms with van der Waals surface area (Å²) >= 11 is 0. The third-order valence-electron chi connectivity index (χ3n) is 3.59. The molecule has 0 spiro atoms. The number of ketones is 2. The van der Waals surface area contributed by atoms with Crippen LogP contribution in [0.2, 0.25) is 0 Å². The largest absolute Gasteiger partial charge is 0.464 e. The molecule has 1 aliphatic heterocycles. The molecule has 0 unspecified atom stereocenters. The number of hydrogen-bond donors (Lipinski definition) is 0. The predicted molar refractivity (Wildman–Crippen MR) is 72.3 cm³/mol. The monoisotopic (exact) mass is 254 g/mol. The molecular weight excluding hydrogens is 240 g/mol. The van der Waals surface area contributed by atoms with Gasteiger partial charge >= 0.3 is 0 Å².